The van der Waals surface area contributed by atoms with Crippen LogP contribution >= 0.6 is 12.6 Å². The highest BCUT2D eigenvalue weighted by Crippen LogP contribution is 2.89. The first-order valence-electron chi connectivity index (χ1n) is 18.7. The van der Waals surface area contributed by atoms with Crippen molar-refractivity contribution in [3.05, 3.63) is 49.2 Å². The second-order valence-corrected chi connectivity index (χ2v) is 18.3. The molecule has 0 bridgehead atoms. The fourth-order valence-corrected chi connectivity index (χ4v) is 10.8. The van der Waals surface area contributed by atoms with Crippen molar-refractivity contribution in [3.63, 3.8) is 0 Å². The summed E-state index contributed by atoms with van der Waals surface area (Å²) in [7, 11) is 1.56. The number of nitrogens with one attached hydrogen (secondary N) is 4. The molecule has 1 aromatic rings. The van der Waals surface area contributed by atoms with Crippen LogP contribution in [0.15, 0.2) is 43.5 Å². The number of likely N-dealkylation sites (tertiary alicyclic amines) is 1. The van der Waals surface area contributed by atoms with Crippen LogP contribution in [0.1, 0.15) is 109 Å². The molecule has 51 heavy (non-hydrogen) atoms. The van der Waals surface area contributed by atoms with Crippen molar-refractivity contribution in [3.8, 4) is 0 Å². The number of hydrogen-bond acceptors (Lipinski definition) is 8. The van der Waals surface area contributed by atoms with Crippen LogP contribution in [0, 0.1) is 33.5 Å². The van der Waals surface area contributed by atoms with Gasteiger partial charge in [0.15, 0.2) is 4.87 Å². The monoisotopic (exact) mass is 719 g/mol. The molecule has 2 heterocycles. The van der Waals surface area contributed by atoms with Crippen molar-refractivity contribution >= 4 is 36.3 Å². The number of fused-ring (bicyclic) bond motifs is 1. The van der Waals surface area contributed by atoms with Crippen LogP contribution in [0.5, 0.6) is 0 Å². The summed E-state index contributed by atoms with van der Waals surface area (Å²) in [6, 6.07) is -1.25. The van der Waals surface area contributed by atoms with Crippen LogP contribution in [0.25, 0.3) is 0 Å². The van der Waals surface area contributed by atoms with E-state index in [1.807, 2.05) is 20.8 Å². The number of rotatable bonds is 11. The first-order valence-corrected chi connectivity index (χ1v) is 19.1. The highest BCUT2D eigenvalue weighted by atomic mass is 32.1. The molecule has 4 saturated carbocycles. The van der Waals surface area contributed by atoms with Gasteiger partial charge in [0.25, 0.3) is 11.8 Å². The third-order valence-corrected chi connectivity index (χ3v) is 14.4. The highest BCUT2D eigenvalue weighted by Gasteiger charge is 2.87. The third kappa shape index (κ3) is 5.78. The Bertz CT molecular complexity index is 1600. The summed E-state index contributed by atoms with van der Waals surface area (Å²) >= 11 is 5.18. The maximum Gasteiger partial charge on any atom is 0.272 e. The van der Waals surface area contributed by atoms with Crippen LogP contribution in [-0.2, 0) is 14.4 Å². The number of aromatic nitrogens is 2. The SMILES string of the molecule is C=CC1C[C@]1(NC(=O)[C@]1(S)CC2(CN1C(=O)C(NC(=C)[C@@H](NC(=O)c1cnccn1)C1CCCCC1)C(C)(C)C)C(C)(C)C21CCC1)C(=O)NC. The van der Waals surface area contributed by atoms with Crippen molar-refractivity contribution in [1.29, 1.82) is 0 Å². The molecule has 11 nitrogen and oxygen atoms in total. The first kappa shape index (κ1) is 37.4. The van der Waals surface area contributed by atoms with Gasteiger partial charge in [0.1, 0.15) is 17.3 Å². The van der Waals surface area contributed by atoms with Crippen molar-refractivity contribution in [2.24, 2.45) is 33.5 Å². The molecule has 1 aliphatic heterocycles. The van der Waals surface area contributed by atoms with Gasteiger partial charge in [0, 0.05) is 43.0 Å². The van der Waals surface area contributed by atoms with Gasteiger partial charge in [-0.05, 0) is 60.7 Å². The molecule has 3 unspecified atom stereocenters. The zero-order chi connectivity index (χ0) is 37.2. The Hall–Kier alpha value is -3.41. The van der Waals surface area contributed by atoms with E-state index in [2.05, 4.69) is 58.2 Å². The van der Waals surface area contributed by atoms with Gasteiger partial charge < -0.3 is 26.2 Å². The second kappa shape index (κ2) is 12.9. The van der Waals surface area contributed by atoms with E-state index in [-0.39, 0.29) is 51.5 Å². The molecule has 4 amide bonds. The molecule has 1 saturated heterocycles. The number of likely N-dealkylation sites (N-methyl/N-ethyl adjacent to an activating group) is 1. The lowest BCUT2D eigenvalue weighted by molar-refractivity contribution is -0.144. The van der Waals surface area contributed by atoms with E-state index in [1.54, 1.807) is 18.0 Å². The number of carbonyl (C=O) groups is 4. The Balaban J connectivity index is 1.32. The number of carbonyl (C=O) groups excluding carboxylic acids is 4. The van der Waals surface area contributed by atoms with Crippen LogP contribution in [-0.4, -0.2) is 74.6 Å². The summed E-state index contributed by atoms with van der Waals surface area (Å²) in [5, 5.41) is 12.4. The van der Waals surface area contributed by atoms with Crippen molar-refractivity contribution in [2.75, 3.05) is 13.6 Å². The van der Waals surface area contributed by atoms with Gasteiger partial charge in [-0.1, -0.05) is 73.0 Å². The minimum atomic E-state index is -1.50. The molecule has 5 fully saturated rings. The molecule has 12 heteroatoms. The summed E-state index contributed by atoms with van der Waals surface area (Å²) in [6.07, 6.45) is 15.3. The lowest BCUT2D eigenvalue weighted by Crippen LogP contribution is -2.63. The molecular formula is C39H57N7O4S. The summed E-state index contributed by atoms with van der Waals surface area (Å²) in [5.41, 5.74) is -1.32. The molecule has 6 atom stereocenters. The van der Waals surface area contributed by atoms with E-state index in [1.165, 1.54) is 18.6 Å². The largest absolute Gasteiger partial charge is 0.375 e. The highest BCUT2D eigenvalue weighted by molar-refractivity contribution is 7.82. The smallest absolute Gasteiger partial charge is 0.272 e. The van der Waals surface area contributed by atoms with Gasteiger partial charge in [-0.25, -0.2) is 4.98 Å². The van der Waals surface area contributed by atoms with E-state index in [0.29, 0.717) is 25.1 Å². The van der Waals surface area contributed by atoms with E-state index >= 15 is 4.79 Å². The van der Waals surface area contributed by atoms with Crippen LogP contribution in [0.4, 0.5) is 0 Å². The molecule has 278 valence electrons. The van der Waals surface area contributed by atoms with E-state index < -0.39 is 33.8 Å². The standard InChI is InChI=1S/C39H57N7O4S/c1-9-26-20-38(26,32(49)40-8)45-33(50)39(51)22-37(35(6,7)36(37)16-13-17-36)23-46(39)31(48)29(34(3,4)5)43-24(2)28(25-14-11-10-12-15-25)44-30(47)27-21-41-18-19-42-27/h9,18-19,21,25-26,28-29,43,51H,1-2,10-17,20,22-23H2,3-8H3,(H,40,49)(H,44,47)(H,45,50)/t26?,28-,29?,37?,38-,39-/m1/s1. The van der Waals surface area contributed by atoms with E-state index in [9.17, 15) is 14.4 Å². The van der Waals surface area contributed by atoms with Gasteiger partial charge in [0.05, 0.1) is 12.2 Å². The lowest BCUT2D eigenvalue weighted by Gasteiger charge is -2.41. The van der Waals surface area contributed by atoms with E-state index in [4.69, 9.17) is 12.6 Å². The number of amides is 4. The lowest BCUT2D eigenvalue weighted by atomic mass is 9.73. The van der Waals surface area contributed by atoms with Gasteiger partial charge in [-0.3, -0.25) is 24.2 Å². The predicted molar refractivity (Wildman–Crippen MR) is 199 cm³/mol. The van der Waals surface area contributed by atoms with Gasteiger partial charge in [-0.15, -0.1) is 19.2 Å². The summed E-state index contributed by atoms with van der Waals surface area (Å²) in [5.74, 6) is -1.41. The second-order valence-electron chi connectivity index (χ2n) is 17.5. The van der Waals surface area contributed by atoms with Crippen molar-refractivity contribution in [2.45, 2.75) is 121 Å². The van der Waals surface area contributed by atoms with Crippen LogP contribution in [0.3, 0.4) is 0 Å². The predicted octanol–water partition coefficient (Wildman–Crippen LogP) is 4.54. The molecular weight excluding hydrogens is 663 g/mol. The van der Waals surface area contributed by atoms with Crippen LogP contribution in [0.2, 0.25) is 0 Å². The minimum Gasteiger partial charge on any atom is -0.375 e. The first-order chi connectivity index (χ1) is 23.9. The van der Waals surface area contributed by atoms with E-state index in [0.717, 1.165) is 51.4 Å². The summed E-state index contributed by atoms with van der Waals surface area (Å²) < 4.78 is 0. The van der Waals surface area contributed by atoms with Gasteiger partial charge >= 0.3 is 0 Å². The van der Waals surface area contributed by atoms with Crippen molar-refractivity contribution < 1.29 is 19.2 Å². The normalized spacial score (nSPS) is 31.5. The van der Waals surface area contributed by atoms with Gasteiger partial charge in [-0.2, -0.15) is 0 Å². The molecule has 4 aliphatic carbocycles. The molecule has 5 aliphatic rings. The Morgan fingerprint density at radius 3 is 2.22 bits per heavy atom. The molecule has 0 radical (unpaired) electrons. The zero-order valence-electron chi connectivity index (χ0n) is 31.2. The van der Waals surface area contributed by atoms with Crippen LogP contribution < -0.4 is 21.3 Å². The van der Waals surface area contributed by atoms with Gasteiger partial charge in [0.2, 0.25) is 11.8 Å². The Kier molecular flexibility index (Phi) is 9.46. The Morgan fingerprint density at radius 2 is 1.71 bits per heavy atom. The third-order valence-electron chi connectivity index (χ3n) is 13.8. The Labute approximate surface area is 308 Å². The maximum atomic E-state index is 15.2. The minimum absolute atomic E-state index is 0.0376. The maximum absolute atomic E-state index is 15.2. The number of hydrogen-bond donors (Lipinski definition) is 5. The van der Waals surface area contributed by atoms with Crippen molar-refractivity contribution in [1.82, 2.24) is 36.1 Å². The average Bonchev–Trinajstić information content (AvgIpc) is 3.84. The molecule has 1 aromatic heterocycles. The average molecular weight is 720 g/mol. The molecule has 0 aromatic carbocycles. The quantitative estimate of drug-likeness (QED) is 0.167. The Morgan fingerprint density at radius 1 is 1.02 bits per heavy atom. The molecule has 4 N–H and O–H groups in total. The number of nitrogens with zero attached hydrogens (tertiary/aromatic N) is 3. The molecule has 2 spiro atoms. The fourth-order valence-electron chi connectivity index (χ4n) is 10.3. The molecule has 6 rings (SSSR count). The topological polar surface area (TPSA) is 145 Å². The summed E-state index contributed by atoms with van der Waals surface area (Å²) in [4.78, 5) is 64.8. The fraction of sp³-hybridized carbons (Fsp3) is 0.692. The number of thiol groups is 1. The summed E-state index contributed by atoms with van der Waals surface area (Å²) in [6.45, 7) is 19.2. The zero-order valence-corrected chi connectivity index (χ0v) is 32.1.